The summed E-state index contributed by atoms with van der Waals surface area (Å²) in [4.78, 5) is 8.47. The second-order valence-electron chi connectivity index (χ2n) is 5.45. The van der Waals surface area contributed by atoms with Crippen molar-refractivity contribution in [1.29, 1.82) is 0 Å². The van der Waals surface area contributed by atoms with Crippen LogP contribution < -0.4 is 11.1 Å². The highest BCUT2D eigenvalue weighted by Gasteiger charge is 2.20. The van der Waals surface area contributed by atoms with Gasteiger partial charge in [-0.05, 0) is 25.2 Å². The summed E-state index contributed by atoms with van der Waals surface area (Å²) in [7, 11) is 0. The highest BCUT2D eigenvalue weighted by molar-refractivity contribution is 5.55. The summed E-state index contributed by atoms with van der Waals surface area (Å²) in [5.74, 6) is 2.38. The number of hydrogen-bond donors (Lipinski definition) is 2. The number of nitrogens with zero attached hydrogens (tertiary/aromatic N) is 2. The van der Waals surface area contributed by atoms with Gasteiger partial charge in [-0.2, -0.15) is 0 Å². The summed E-state index contributed by atoms with van der Waals surface area (Å²) in [5, 5.41) is 3.57. The molecule has 4 heteroatoms. The Morgan fingerprint density at radius 2 is 2.22 bits per heavy atom. The largest absolute Gasteiger partial charge is 0.383 e. The van der Waals surface area contributed by atoms with Crippen molar-refractivity contribution in [1.82, 2.24) is 9.97 Å². The van der Waals surface area contributed by atoms with Gasteiger partial charge in [0.2, 0.25) is 0 Å². The Morgan fingerprint density at radius 1 is 1.39 bits per heavy atom. The SMILES string of the molecule is CCCc1c(N)ncnc1NC1CCCC(C)C1. The Kier molecular flexibility index (Phi) is 4.39. The molecule has 0 aliphatic heterocycles. The zero-order valence-electron chi connectivity index (χ0n) is 11.4. The van der Waals surface area contributed by atoms with E-state index in [1.165, 1.54) is 25.7 Å². The number of nitrogens with one attached hydrogen (secondary N) is 1. The van der Waals surface area contributed by atoms with Gasteiger partial charge in [0.15, 0.2) is 0 Å². The highest BCUT2D eigenvalue weighted by Crippen LogP contribution is 2.27. The van der Waals surface area contributed by atoms with Gasteiger partial charge in [0.25, 0.3) is 0 Å². The van der Waals surface area contributed by atoms with Gasteiger partial charge >= 0.3 is 0 Å². The van der Waals surface area contributed by atoms with E-state index >= 15 is 0 Å². The summed E-state index contributed by atoms with van der Waals surface area (Å²) in [6, 6.07) is 0.540. The summed E-state index contributed by atoms with van der Waals surface area (Å²) < 4.78 is 0. The lowest BCUT2D eigenvalue weighted by Crippen LogP contribution is -2.27. The minimum Gasteiger partial charge on any atom is -0.383 e. The summed E-state index contributed by atoms with van der Waals surface area (Å²) in [6.07, 6.45) is 8.69. The van der Waals surface area contributed by atoms with E-state index in [1.54, 1.807) is 6.33 Å². The third kappa shape index (κ3) is 3.12. The molecule has 2 atom stereocenters. The number of hydrogen-bond acceptors (Lipinski definition) is 4. The molecular weight excluding hydrogens is 224 g/mol. The van der Waals surface area contributed by atoms with Crippen molar-refractivity contribution in [2.45, 2.75) is 58.4 Å². The second-order valence-corrected chi connectivity index (χ2v) is 5.45. The monoisotopic (exact) mass is 248 g/mol. The zero-order valence-corrected chi connectivity index (χ0v) is 11.4. The Morgan fingerprint density at radius 3 is 2.94 bits per heavy atom. The average Bonchev–Trinajstić information content (AvgIpc) is 2.34. The molecule has 0 amide bonds. The van der Waals surface area contributed by atoms with Gasteiger partial charge in [-0.25, -0.2) is 9.97 Å². The molecule has 1 aliphatic rings. The molecule has 1 fully saturated rings. The van der Waals surface area contributed by atoms with Crippen molar-refractivity contribution < 1.29 is 0 Å². The van der Waals surface area contributed by atoms with Gasteiger partial charge in [-0.15, -0.1) is 0 Å². The Labute approximate surface area is 109 Å². The van der Waals surface area contributed by atoms with Crippen molar-refractivity contribution in [3.63, 3.8) is 0 Å². The molecular formula is C14H24N4. The van der Waals surface area contributed by atoms with Crippen LogP contribution in [0, 0.1) is 5.92 Å². The number of rotatable bonds is 4. The fourth-order valence-electron chi connectivity index (χ4n) is 2.81. The van der Waals surface area contributed by atoms with Gasteiger partial charge < -0.3 is 11.1 Å². The van der Waals surface area contributed by atoms with Crippen LogP contribution in [0.4, 0.5) is 11.6 Å². The molecule has 4 nitrogen and oxygen atoms in total. The van der Waals surface area contributed by atoms with Crippen LogP contribution in [0.25, 0.3) is 0 Å². The molecule has 0 spiro atoms. The van der Waals surface area contributed by atoms with E-state index in [2.05, 4.69) is 29.1 Å². The third-order valence-electron chi connectivity index (χ3n) is 3.76. The quantitative estimate of drug-likeness (QED) is 0.859. The van der Waals surface area contributed by atoms with Gasteiger partial charge in [0, 0.05) is 11.6 Å². The fourth-order valence-corrected chi connectivity index (χ4v) is 2.81. The third-order valence-corrected chi connectivity index (χ3v) is 3.76. The minimum atomic E-state index is 0.540. The molecule has 1 heterocycles. The van der Waals surface area contributed by atoms with E-state index in [0.29, 0.717) is 11.9 Å². The Bertz CT molecular complexity index is 391. The molecule has 2 unspecified atom stereocenters. The molecule has 18 heavy (non-hydrogen) atoms. The van der Waals surface area contributed by atoms with Crippen LogP contribution in [-0.2, 0) is 6.42 Å². The van der Waals surface area contributed by atoms with Crippen molar-refractivity contribution in [2.75, 3.05) is 11.1 Å². The van der Waals surface area contributed by atoms with Crippen LogP contribution in [0.15, 0.2) is 6.33 Å². The van der Waals surface area contributed by atoms with Crippen molar-refractivity contribution in [3.8, 4) is 0 Å². The topological polar surface area (TPSA) is 63.8 Å². The fraction of sp³-hybridized carbons (Fsp3) is 0.714. The molecule has 0 saturated heterocycles. The molecule has 0 aromatic carbocycles. The van der Waals surface area contributed by atoms with E-state index in [0.717, 1.165) is 30.1 Å². The van der Waals surface area contributed by atoms with Crippen LogP contribution in [-0.4, -0.2) is 16.0 Å². The molecule has 1 aromatic heterocycles. The Hall–Kier alpha value is -1.32. The first-order chi connectivity index (χ1) is 8.70. The maximum absolute atomic E-state index is 5.95. The first-order valence-electron chi connectivity index (χ1n) is 7.06. The van der Waals surface area contributed by atoms with Gasteiger partial charge in [0.1, 0.15) is 18.0 Å². The van der Waals surface area contributed by atoms with E-state index in [9.17, 15) is 0 Å². The van der Waals surface area contributed by atoms with Crippen LogP contribution in [0.2, 0.25) is 0 Å². The highest BCUT2D eigenvalue weighted by atomic mass is 15.1. The predicted octanol–water partition coefficient (Wildman–Crippen LogP) is 3.00. The first kappa shape index (κ1) is 13.1. The van der Waals surface area contributed by atoms with Crippen molar-refractivity contribution in [3.05, 3.63) is 11.9 Å². The number of nitrogen functional groups attached to an aromatic ring is 1. The van der Waals surface area contributed by atoms with E-state index in [4.69, 9.17) is 5.73 Å². The predicted molar refractivity (Wildman–Crippen MR) is 75.5 cm³/mol. The van der Waals surface area contributed by atoms with Crippen LogP contribution >= 0.6 is 0 Å². The molecule has 2 rings (SSSR count). The van der Waals surface area contributed by atoms with E-state index in [1.807, 2.05) is 0 Å². The normalized spacial score (nSPS) is 23.9. The number of nitrogens with two attached hydrogens (primary N) is 1. The molecule has 100 valence electrons. The van der Waals surface area contributed by atoms with Gasteiger partial charge in [-0.1, -0.05) is 33.1 Å². The van der Waals surface area contributed by atoms with E-state index in [-0.39, 0.29) is 0 Å². The first-order valence-corrected chi connectivity index (χ1v) is 7.06. The number of anilines is 2. The lowest BCUT2D eigenvalue weighted by molar-refractivity contribution is 0.358. The standard InChI is InChI=1S/C14H24N4/c1-3-5-12-13(15)16-9-17-14(12)18-11-7-4-6-10(2)8-11/h9-11H,3-8H2,1-2H3,(H3,15,16,17,18). The Balaban J connectivity index is 2.10. The molecule has 0 bridgehead atoms. The maximum Gasteiger partial charge on any atom is 0.134 e. The van der Waals surface area contributed by atoms with Crippen molar-refractivity contribution >= 4 is 11.6 Å². The van der Waals surface area contributed by atoms with Gasteiger partial charge in [0.05, 0.1) is 0 Å². The summed E-state index contributed by atoms with van der Waals surface area (Å²) in [6.45, 7) is 4.48. The van der Waals surface area contributed by atoms with Crippen molar-refractivity contribution in [2.24, 2.45) is 5.92 Å². The zero-order chi connectivity index (χ0) is 13.0. The van der Waals surface area contributed by atoms with Crippen LogP contribution in [0.1, 0.15) is 51.5 Å². The smallest absolute Gasteiger partial charge is 0.134 e. The van der Waals surface area contributed by atoms with Gasteiger partial charge in [-0.3, -0.25) is 0 Å². The maximum atomic E-state index is 5.95. The lowest BCUT2D eigenvalue weighted by Gasteiger charge is -2.28. The van der Waals surface area contributed by atoms with E-state index < -0.39 is 0 Å². The molecule has 1 aromatic rings. The van der Waals surface area contributed by atoms with Crippen LogP contribution in [0.5, 0.6) is 0 Å². The van der Waals surface area contributed by atoms with Crippen LogP contribution in [0.3, 0.4) is 0 Å². The molecule has 0 radical (unpaired) electrons. The second kappa shape index (κ2) is 6.03. The summed E-state index contributed by atoms with van der Waals surface area (Å²) >= 11 is 0. The summed E-state index contributed by atoms with van der Waals surface area (Å²) in [5.41, 5.74) is 7.03. The average molecular weight is 248 g/mol. The molecule has 1 aliphatic carbocycles. The number of aromatic nitrogens is 2. The lowest BCUT2D eigenvalue weighted by atomic mass is 9.87. The minimum absolute atomic E-state index is 0.540. The molecule has 3 N–H and O–H groups in total. The molecule has 1 saturated carbocycles.